The minimum Gasteiger partial charge on any atom is -0.319 e. The summed E-state index contributed by atoms with van der Waals surface area (Å²) >= 11 is 0. The van der Waals surface area contributed by atoms with E-state index in [-0.39, 0.29) is 11.4 Å². The fourth-order valence-electron chi connectivity index (χ4n) is 2.48. The zero-order chi connectivity index (χ0) is 18.0. The fraction of sp³-hybridized carbons (Fsp3) is 0.111. The number of para-hydroxylation sites is 1. The van der Waals surface area contributed by atoms with Crippen molar-refractivity contribution in [3.8, 4) is 0 Å². The number of anilines is 2. The van der Waals surface area contributed by atoms with Crippen molar-refractivity contribution in [3.63, 3.8) is 0 Å². The van der Waals surface area contributed by atoms with Crippen LogP contribution in [0, 0.1) is 11.7 Å². The number of Topliss-reactive ketones (excluding diaryl/α,β-unsaturated/α-hetero) is 1. The molecule has 0 aliphatic carbocycles. The zero-order valence-corrected chi connectivity index (χ0v) is 13.3. The summed E-state index contributed by atoms with van der Waals surface area (Å²) in [4.78, 5) is 37.1. The standard InChI is InChI=1S/C18H14FN3O3/c1-11-15(18(25)22(21-11)14-5-3-2-4-6-14)16(23)17(24)20-13-9-7-12(19)8-10-13/h2-10,15H,1H3,(H,20,24)/t15-/m0/s1. The second kappa shape index (κ2) is 6.64. The number of hydrazone groups is 1. The van der Waals surface area contributed by atoms with Crippen molar-refractivity contribution >= 4 is 34.7 Å². The van der Waals surface area contributed by atoms with Gasteiger partial charge in [0.1, 0.15) is 11.7 Å². The number of nitrogens with zero attached hydrogens (tertiary/aromatic N) is 2. The molecule has 1 aliphatic rings. The predicted molar refractivity (Wildman–Crippen MR) is 90.6 cm³/mol. The Labute approximate surface area is 142 Å². The lowest BCUT2D eigenvalue weighted by Gasteiger charge is -2.13. The first-order valence-electron chi connectivity index (χ1n) is 7.52. The van der Waals surface area contributed by atoms with E-state index >= 15 is 0 Å². The van der Waals surface area contributed by atoms with Crippen LogP contribution in [0.25, 0.3) is 0 Å². The Balaban J connectivity index is 1.76. The maximum Gasteiger partial charge on any atom is 0.293 e. The highest BCUT2D eigenvalue weighted by Crippen LogP contribution is 2.24. The molecule has 7 heteroatoms. The van der Waals surface area contributed by atoms with Gasteiger partial charge in [-0.1, -0.05) is 18.2 Å². The van der Waals surface area contributed by atoms with Crippen LogP contribution in [0.15, 0.2) is 59.7 Å². The van der Waals surface area contributed by atoms with Gasteiger partial charge in [-0.25, -0.2) is 4.39 Å². The summed E-state index contributed by atoms with van der Waals surface area (Å²) in [5, 5.41) is 7.57. The Morgan fingerprint density at radius 3 is 2.36 bits per heavy atom. The molecule has 1 atom stereocenters. The van der Waals surface area contributed by atoms with Crippen LogP contribution in [-0.2, 0) is 14.4 Å². The van der Waals surface area contributed by atoms with Crippen molar-refractivity contribution < 1.29 is 18.8 Å². The van der Waals surface area contributed by atoms with Gasteiger partial charge < -0.3 is 5.32 Å². The molecule has 2 amide bonds. The van der Waals surface area contributed by atoms with Crippen LogP contribution < -0.4 is 10.3 Å². The molecule has 0 aromatic heterocycles. The molecule has 1 aliphatic heterocycles. The van der Waals surface area contributed by atoms with E-state index in [1.54, 1.807) is 30.3 Å². The van der Waals surface area contributed by atoms with Crippen LogP contribution in [0.2, 0.25) is 0 Å². The highest BCUT2D eigenvalue weighted by molar-refractivity contribution is 6.50. The summed E-state index contributed by atoms with van der Waals surface area (Å²) in [7, 11) is 0. The summed E-state index contributed by atoms with van der Waals surface area (Å²) in [6.07, 6.45) is 0. The molecule has 3 rings (SSSR count). The molecule has 0 saturated heterocycles. The Morgan fingerprint density at radius 2 is 1.72 bits per heavy atom. The lowest BCUT2D eigenvalue weighted by molar-refractivity contribution is -0.138. The Kier molecular flexibility index (Phi) is 4.38. The topological polar surface area (TPSA) is 78.8 Å². The molecular formula is C18H14FN3O3. The van der Waals surface area contributed by atoms with E-state index in [9.17, 15) is 18.8 Å². The van der Waals surface area contributed by atoms with Crippen LogP contribution >= 0.6 is 0 Å². The van der Waals surface area contributed by atoms with Gasteiger partial charge in [-0.15, -0.1) is 0 Å². The van der Waals surface area contributed by atoms with Gasteiger partial charge >= 0.3 is 0 Å². The van der Waals surface area contributed by atoms with Gasteiger partial charge in [-0.3, -0.25) is 14.4 Å². The lowest BCUT2D eigenvalue weighted by atomic mass is 9.98. The summed E-state index contributed by atoms with van der Waals surface area (Å²) in [5.41, 5.74) is 1.02. The van der Waals surface area contributed by atoms with E-state index in [2.05, 4.69) is 10.4 Å². The second-order valence-electron chi connectivity index (χ2n) is 5.49. The van der Waals surface area contributed by atoms with E-state index in [0.717, 1.165) is 17.1 Å². The normalized spacial score (nSPS) is 16.6. The molecule has 0 radical (unpaired) electrons. The average molecular weight is 339 g/mol. The molecule has 0 saturated carbocycles. The molecule has 0 unspecified atom stereocenters. The SMILES string of the molecule is CC1=NN(c2ccccc2)C(=O)[C@@H]1C(=O)C(=O)Nc1ccc(F)cc1. The minimum absolute atomic E-state index is 0.244. The van der Waals surface area contributed by atoms with Crippen molar-refractivity contribution in [3.05, 3.63) is 60.4 Å². The van der Waals surface area contributed by atoms with Gasteiger partial charge in [-0.2, -0.15) is 10.1 Å². The van der Waals surface area contributed by atoms with Crippen molar-refractivity contribution in [2.24, 2.45) is 11.0 Å². The molecule has 25 heavy (non-hydrogen) atoms. The van der Waals surface area contributed by atoms with E-state index in [4.69, 9.17) is 0 Å². The van der Waals surface area contributed by atoms with E-state index < -0.39 is 29.3 Å². The quantitative estimate of drug-likeness (QED) is 0.686. The number of ketones is 1. The van der Waals surface area contributed by atoms with Crippen LogP contribution in [0.1, 0.15) is 6.92 Å². The number of rotatable bonds is 4. The van der Waals surface area contributed by atoms with E-state index in [1.807, 2.05) is 0 Å². The molecule has 2 aromatic carbocycles. The molecule has 6 nitrogen and oxygen atoms in total. The van der Waals surface area contributed by atoms with Crippen LogP contribution in [0.4, 0.5) is 15.8 Å². The smallest absolute Gasteiger partial charge is 0.293 e. The van der Waals surface area contributed by atoms with Crippen molar-refractivity contribution in [1.82, 2.24) is 0 Å². The molecule has 0 bridgehead atoms. The number of carbonyl (C=O) groups is 3. The van der Waals surface area contributed by atoms with Gasteiger partial charge in [0.25, 0.3) is 11.8 Å². The van der Waals surface area contributed by atoms with Gasteiger partial charge in [0.05, 0.1) is 11.4 Å². The first-order valence-corrected chi connectivity index (χ1v) is 7.52. The third-order valence-electron chi connectivity index (χ3n) is 3.72. The fourth-order valence-corrected chi connectivity index (χ4v) is 2.48. The Bertz CT molecular complexity index is 863. The molecule has 126 valence electrons. The number of halogens is 1. The number of hydrogen-bond donors (Lipinski definition) is 1. The highest BCUT2D eigenvalue weighted by Gasteiger charge is 2.42. The number of carbonyl (C=O) groups excluding carboxylic acids is 3. The second-order valence-corrected chi connectivity index (χ2v) is 5.49. The van der Waals surface area contributed by atoms with Gasteiger partial charge in [0.15, 0.2) is 0 Å². The summed E-state index contributed by atoms with van der Waals surface area (Å²) in [5.74, 6) is -4.16. The van der Waals surface area contributed by atoms with Crippen molar-refractivity contribution in [1.29, 1.82) is 0 Å². The van der Waals surface area contributed by atoms with Gasteiger partial charge in [-0.05, 0) is 43.3 Å². The number of benzene rings is 2. The Hall–Kier alpha value is -3.35. The maximum absolute atomic E-state index is 12.9. The van der Waals surface area contributed by atoms with Crippen LogP contribution in [0.5, 0.6) is 0 Å². The number of hydrogen-bond acceptors (Lipinski definition) is 4. The molecule has 2 aromatic rings. The average Bonchev–Trinajstić information content (AvgIpc) is 2.91. The monoisotopic (exact) mass is 339 g/mol. The highest BCUT2D eigenvalue weighted by atomic mass is 19.1. The Morgan fingerprint density at radius 1 is 1.08 bits per heavy atom. The largest absolute Gasteiger partial charge is 0.319 e. The third-order valence-corrected chi connectivity index (χ3v) is 3.72. The summed E-state index contributed by atoms with van der Waals surface area (Å²) < 4.78 is 12.9. The molecule has 0 fully saturated rings. The first kappa shape index (κ1) is 16.5. The van der Waals surface area contributed by atoms with E-state index in [0.29, 0.717) is 5.69 Å². The van der Waals surface area contributed by atoms with Crippen LogP contribution in [-0.4, -0.2) is 23.3 Å². The molecular weight excluding hydrogens is 325 g/mol. The van der Waals surface area contributed by atoms with Gasteiger partial charge in [0, 0.05) is 5.69 Å². The lowest BCUT2D eigenvalue weighted by Crippen LogP contribution is -2.39. The van der Waals surface area contributed by atoms with Crippen molar-refractivity contribution in [2.45, 2.75) is 6.92 Å². The molecule has 0 spiro atoms. The van der Waals surface area contributed by atoms with Crippen molar-refractivity contribution in [2.75, 3.05) is 10.3 Å². The van der Waals surface area contributed by atoms with Gasteiger partial charge in [0.2, 0.25) is 5.78 Å². The molecule has 1 N–H and O–H groups in total. The predicted octanol–water partition coefficient (Wildman–Crippen LogP) is 2.37. The zero-order valence-electron chi connectivity index (χ0n) is 13.3. The summed E-state index contributed by atoms with van der Waals surface area (Å²) in [6.45, 7) is 1.52. The number of amides is 2. The van der Waals surface area contributed by atoms with Crippen LogP contribution in [0.3, 0.4) is 0 Å². The molecule has 1 heterocycles. The number of nitrogens with one attached hydrogen (secondary N) is 1. The minimum atomic E-state index is -1.26. The first-order chi connectivity index (χ1) is 12.0. The third kappa shape index (κ3) is 3.30. The summed E-state index contributed by atoms with van der Waals surface area (Å²) in [6, 6.07) is 13.6. The van der Waals surface area contributed by atoms with E-state index in [1.165, 1.54) is 19.1 Å². The maximum atomic E-state index is 12.9.